The van der Waals surface area contributed by atoms with Gasteiger partial charge in [-0.1, -0.05) is 23.7 Å². The van der Waals surface area contributed by atoms with Crippen LogP contribution in [0, 0.1) is 17.1 Å². The number of nitriles is 1. The van der Waals surface area contributed by atoms with E-state index in [0.717, 1.165) is 0 Å². The van der Waals surface area contributed by atoms with E-state index in [1.54, 1.807) is 22.8 Å². The van der Waals surface area contributed by atoms with Gasteiger partial charge in [0.1, 0.15) is 17.7 Å². The maximum absolute atomic E-state index is 13.6. The van der Waals surface area contributed by atoms with Gasteiger partial charge in [0.25, 0.3) is 0 Å². The summed E-state index contributed by atoms with van der Waals surface area (Å²) < 4.78 is 15.3. The van der Waals surface area contributed by atoms with Crippen LogP contribution in [0.3, 0.4) is 0 Å². The monoisotopic (exact) mass is 319 g/mol. The lowest BCUT2D eigenvalue weighted by Crippen LogP contribution is -2.01. The third kappa shape index (κ3) is 2.25. The highest BCUT2D eigenvalue weighted by Gasteiger charge is 2.16. The zero-order valence-corrected chi connectivity index (χ0v) is 12.2. The minimum atomic E-state index is -0.538. The summed E-state index contributed by atoms with van der Waals surface area (Å²) in [7, 11) is 0. The largest absolute Gasteiger partial charge is 0.294 e. The van der Waals surface area contributed by atoms with E-state index in [4.69, 9.17) is 23.2 Å². The summed E-state index contributed by atoms with van der Waals surface area (Å²) in [5.41, 5.74) is 2.17. The van der Waals surface area contributed by atoms with Crippen molar-refractivity contribution in [3.8, 4) is 11.8 Å². The van der Waals surface area contributed by atoms with Gasteiger partial charge in [0.15, 0.2) is 0 Å². The second-order valence-corrected chi connectivity index (χ2v) is 5.06. The lowest BCUT2D eigenvalue weighted by Gasteiger charge is -2.09. The zero-order chi connectivity index (χ0) is 15.0. The van der Waals surface area contributed by atoms with E-state index in [0.29, 0.717) is 28.1 Å². The van der Waals surface area contributed by atoms with Crippen molar-refractivity contribution in [2.24, 2.45) is 0 Å². The fraction of sp³-hybridized carbons (Fsp3) is 0.0667. The molecular formula is C15H8Cl2FN3. The molecule has 0 saturated heterocycles. The third-order valence-electron chi connectivity index (χ3n) is 3.15. The SMILES string of the molecule is N#Cc1ccccc1-n1c(CCl)nc2cc(F)c(Cl)cc21. The maximum Gasteiger partial charge on any atom is 0.144 e. The molecule has 0 fully saturated rings. The number of fused-ring (bicyclic) bond motifs is 1. The number of benzene rings is 2. The topological polar surface area (TPSA) is 41.6 Å². The molecule has 1 aromatic heterocycles. The molecule has 0 atom stereocenters. The van der Waals surface area contributed by atoms with Crippen LogP contribution in [-0.4, -0.2) is 9.55 Å². The summed E-state index contributed by atoms with van der Waals surface area (Å²) in [6.07, 6.45) is 0. The van der Waals surface area contributed by atoms with Gasteiger partial charge in [-0.05, 0) is 18.2 Å². The molecule has 2 aromatic carbocycles. The van der Waals surface area contributed by atoms with Crippen molar-refractivity contribution in [3.63, 3.8) is 0 Å². The van der Waals surface area contributed by atoms with Gasteiger partial charge in [-0.25, -0.2) is 9.37 Å². The number of para-hydroxylation sites is 1. The Morgan fingerprint density at radius 3 is 2.76 bits per heavy atom. The lowest BCUT2D eigenvalue weighted by atomic mass is 10.2. The molecule has 0 amide bonds. The van der Waals surface area contributed by atoms with Crippen LogP contribution in [0.1, 0.15) is 11.4 Å². The predicted molar refractivity (Wildman–Crippen MR) is 80.3 cm³/mol. The lowest BCUT2D eigenvalue weighted by molar-refractivity contribution is 0.630. The summed E-state index contributed by atoms with van der Waals surface area (Å²) in [6.45, 7) is 0. The van der Waals surface area contributed by atoms with E-state index >= 15 is 0 Å². The molecule has 0 unspecified atom stereocenters. The summed E-state index contributed by atoms with van der Waals surface area (Å²) in [4.78, 5) is 4.31. The van der Waals surface area contributed by atoms with Crippen molar-refractivity contribution in [1.82, 2.24) is 9.55 Å². The van der Waals surface area contributed by atoms with Crippen LogP contribution < -0.4 is 0 Å². The van der Waals surface area contributed by atoms with Crippen LogP contribution in [0.25, 0.3) is 16.7 Å². The first-order valence-electron chi connectivity index (χ1n) is 6.07. The molecule has 0 spiro atoms. The molecule has 6 heteroatoms. The molecule has 0 radical (unpaired) electrons. The van der Waals surface area contributed by atoms with Gasteiger partial charge in [0.05, 0.1) is 33.2 Å². The van der Waals surface area contributed by atoms with Gasteiger partial charge in [-0.2, -0.15) is 5.26 Å². The Morgan fingerprint density at radius 2 is 2.05 bits per heavy atom. The van der Waals surface area contributed by atoms with Crippen LogP contribution in [0.2, 0.25) is 5.02 Å². The summed E-state index contributed by atoms with van der Waals surface area (Å²) in [5, 5.41) is 9.25. The zero-order valence-electron chi connectivity index (χ0n) is 10.6. The van der Waals surface area contributed by atoms with Gasteiger partial charge in [-0.15, -0.1) is 11.6 Å². The molecule has 0 saturated carbocycles. The fourth-order valence-electron chi connectivity index (χ4n) is 2.24. The Kier molecular flexibility index (Phi) is 3.54. The van der Waals surface area contributed by atoms with E-state index in [9.17, 15) is 9.65 Å². The highest BCUT2D eigenvalue weighted by molar-refractivity contribution is 6.31. The van der Waals surface area contributed by atoms with Crippen molar-refractivity contribution in [1.29, 1.82) is 5.26 Å². The number of halogens is 3. The standard InChI is InChI=1S/C15H8Cl2FN3/c16-7-15-20-12-6-11(18)10(17)5-14(12)21(15)13-4-2-1-3-9(13)8-19/h1-6H,7H2. The van der Waals surface area contributed by atoms with Crippen LogP contribution in [0.5, 0.6) is 0 Å². The molecule has 0 aliphatic heterocycles. The number of imidazole rings is 1. The van der Waals surface area contributed by atoms with E-state index in [1.807, 2.05) is 6.07 Å². The molecule has 104 valence electrons. The number of alkyl halides is 1. The van der Waals surface area contributed by atoms with Gasteiger partial charge in [0.2, 0.25) is 0 Å². The van der Waals surface area contributed by atoms with Crippen LogP contribution in [0.15, 0.2) is 36.4 Å². The molecule has 3 aromatic rings. The minimum Gasteiger partial charge on any atom is -0.294 e. The third-order valence-corrected chi connectivity index (χ3v) is 3.68. The summed E-state index contributed by atoms with van der Waals surface area (Å²) in [5.74, 6) is 0.118. The Balaban J connectivity index is 2.41. The first-order chi connectivity index (χ1) is 10.2. The molecule has 21 heavy (non-hydrogen) atoms. The smallest absolute Gasteiger partial charge is 0.144 e. The molecule has 3 rings (SSSR count). The van der Waals surface area contributed by atoms with Gasteiger partial charge in [0, 0.05) is 6.07 Å². The van der Waals surface area contributed by atoms with E-state index in [-0.39, 0.29) is 10.9 Å². The molecular weight excluding hydrogens is 312 g/mol. The second-order valence-electron chi connectivity index (χ2n) is 4.38. The minimum absolute atomic E-state index is 0.000730. The van der Waals surface area contributed by atoms with Crippen LogP contribution in [-0.2, 0) is 5.88 Å². The van der Waals surface area contributed by atoms with E-state index in [1.165, 1.54) is 12.1 Å². The van der Waals surface area contributed by atoms with Gasteiger partial charge < -0.3 is 0 Å². The number of aromatic nitrogens is 2. The van der Waals surface area contributed by atoms with Crippen molar-refractivity contribution in [2.45, 2.75) is 5.88 Å². The van der Waals surface area contributed by atoms with Crippen LogP contribution in [0.4, 0.5) is 4.39 Å². The molecule has 3 nitrogen and oxygen atoms in total. The molecule has 1 heterocycles. The molecule has 0 N–H and O–H groups in total. The first kappa shape index (κ1) is 13.9. The highest BCUT2D eigenvalue weighted by atomic mass is 35.5. The summed E-state index contributed by atoms with van der Waals surface area (Å²) in [6, 6.07) is 11.9. The van der Waals surface area contributed by atoms with E-state index < -0.39 is 5.82 Å². The van der Waals surface area contributed by atoms with Crippen molar-refractivity contribution >= 4 is 34.2 Å². The van der Waals surface area contributed by atoms with E-state index in [2.05, 4.69) is 11.1 Å². The number of rotatable bonds is 2. The average Bonchev–Trinajstić information content (AvgIpc) is 2.85. The van der Waals surface area contributed by atoms with Gasteiger partial charge in [-0.3, -0.25) is 4.57 Å². The molecule has 0 bridgehead atoms. The number of hydrogen-bond donors (Lipinski definition) is 0. The number of hydrogen-bond acceptors (Lipinski definition) is 2. The summed E-state index contributed by atoms with van der Waals surface area (Å²) >= 11 is 11.8. The van der Waals surface area contributed by atoms with Gasteiger partial charge >= 0.3 is 0 Å². The molecule has 0 aliphatic carbocycles. The average molecular weight is 320 g/mol. The van der Waals surface area contributed by atoms with Crippen molar-refractivity contribution in [2.75, 3.05) is 0 Å². The Bertz CT molecular complexity index is 880. The number of nitrogens with zero attached hydrogens (tertiary/aromatic N) is 3. The second kappa shape index (κ2) is 5.36. The Labute approximate surface area is 130 Å². The molecule has 0 aliphatic rings. The van der Waals surface area contributed by atoms with Crippen LogP contribution >= 0.6 is 23.2 Å². The first-order valence-corrected chi connectivity index (χ1v) is 6.98. The predicted octanol–water partition coefficient (Wildman–Crippen LogP) is 4.43. The normalized spacial score (nSPS) is 10.8. The highest BCUT2D eigenvalue weighted by Crippen LogP contribution is 2.28. The maximum atomic E-state index is 13.6. The quantitative estimate of drug-likeness (QED) is 0.656. The van der Waals surface area contributed by atoms with Crippen molar-refractivity contribution in [3.05, 3.63) is 58.6 Å². The Morgan fingerprint density at radius 1 is 1.29 bits per heavy atom. The Hall–Kier alpha value is -2.09. The fourth-order valence-corrected chi connectivity index (χ4v) is 2.58. The van der Waals surface area contributed by atoms with Crippen molar-refractivity contribution < 1.29 is 4.39 Å².